The molecule has 1 aliphatic heterocycles. The Hall–Kier alpha value is -0.820. The highest BCUT2D eigenvalue weighted by Gasteiger charge is 2.07. The van der Waals surface area contributed by atoms with E-state index in [9.17, 15) is 0 Å². The largest absolute Gasteiger partial charge is 0.303 e. The second kappa shape index (κ2) is 6.80. The molecular formula is C16H24N. The Labute approximate surface area is 106 Å². The number of rotatable bonds is 4. The van der Waals surface area contributed by atoms with E-state index in [2.05, 4.69) is 36.1 Å². The third kappa shape index (κ3) is 4.51. The van der Waals surface area contributed by atoms with Gasteiger partial charge in [0.05, 0.1) is 0 Å². The molecule has 0 atom stereocenters. The molecule has 1 saturated heterocycles. The molecular weight excluding hydrogens is 206 g/mol. The summed E-state index contributed by atoms with van der Waals surface area (Å²) in [6.07, 6.45) is 8.16. The lowest BCUT2D eigenvalue weighted by molar-refractivity contribution is 0.281. The van der Waals surface area contributed by atoms with Crippen molar-refractivity contribution in [3.05, 3.63) is 42.3 Å². The van der Waals surface area contributed by atoms with Crippen molar-refractivity contribution >= 4 is 0 Å². The Kier molecular flexibility index (Phi) is 5.06. The predicted molar refractivity (Wildman–Crippen MR) is 74.1 cm³/mol. The minimum absolute atomic E-state index is 1.11. The summed E-state index contributed by atoms with van der Waals surface area (Å²) in [6, 6.07) is 8.65. The average molecular weight is 230 g/mol. The van der Waals surface area contributed by atoms with Gasteiger partial charge >= 0.3 is 0 Å². The van der Waals surface area contributed by atoms with E-state index in [0.29, 0.717) is 0 Å². The molecule has 0 aromatic heterocycles. The zero-order valence-electron chi connectivity index (χ0n) is 10.8. The number of aryl methyl sites for hydroxylation is 1. The summed E-state index contributed by atoms with van der Waals surface area (Å²) >= 11 is 0. The van der Waals surface area contributed by atoms with Crippen LogP contribution in [0.5, 0.6) is 0 Å². The van der Waals surface area contributed by atoms with Gasteiger partial charge in [-0.3, -0.25) is 0 Å². The van der Waals surface area contributed by atoms with Gasteiger partial charge in [-0.25, -0.2) is 0 Å². The van der Waals surface area contributed by atoms with Crippen LogP contribution < -0.4 is 0 Å². The zero-order chi connectivity index (χ0) is 11.9. The number of hydrogen-bond donors (Lipinski definition) is 0. The lowest BCUT2D eigenvalue weighted by atomic mass is 10.1. The van der Waals surface area contributed by atoms with E-state index in [1.807, 2.05) is 0 Å². The molecule has 1 aliphatic rings. The Balaban J connectivity index is 1.69. The molecule has 0 saturated carbocycles. The number of benzene rings is 1. The van der Waals surface area contributed by atoms with Crippen molar-refractivity contribution in [2.45, 2.75) is 38.5 Å². The van der Waals surface area contributed by atoms with Crippen LogP contribution in [-0.2, 0) is 6.42 Å². The molecule has 0 spiro atoms. The molecule has 0 amide bonds. The third-order valence-corrected chi connectivity index (χ3v) is 3.66. The van der Waals surface area contributed by atoms with Crippen molar-refractivity contribution in [3.8, 4) is 0 Å². The fourth-order valence-corrected chi connectivity index (χ4v) is 2.57. The van der Waals surface area contributed by atoms with Crippen molar-refractivity contribution in [3.63, 3.8) is 0 Å². The Morgan fingerprint density at radius 1 is 0.941 bits per heavy atom. The van der Waals surface area contributed by atoms with E-state index >= 15 is 0 Å². The summed E-state index contributed by atoms with van der Waals surface area (Å²) in [4.78, 5) is 2.64. The van der Waals surface area contributed by atoms with Crippen LogP contribution in [0, 0.1) is 6.92 Å². The van der Waals surface area contributed by atoms with Crippen molar-refractivity contribution < 1.29 is 0 Å². The molecule has 0 N–H and O–H groups in total. The Morgan fingerprint density at radius 3 is 2.24 bits per heavy atom. The molecule has 93 valence electrons. The SMILES string of the molecule is [CH2]c1ccc(CCCN2CCCCCC2)cc1. The summed E-state index contributed by atoms with van der Waals surface area (Å²) in [5.74, 6) is 0. The van der Waals surface area contributed by atoms with Crippen LogP contribution in [0.1, 0.15) is 43.2 Å². The fourth-order valence-electron chi connectivity index (χ4n) is 2.57. The maximum absolute atomic E-state index is 3.92. The summed E-state index contributed by atoms with van der Waals surface area (Å²) in [6.45, 7) is 7.82. The molecule has 1 nitrogen and oxygen atoms in total. The van der Waals surface area contributed by atoms with E-state index < -0.39 is 0 Å². The molecule has 1 aromatic carbocycles. The molecule has 0 unspecified atom stereocenters. The molecule has 1 radical (unpaired) electrons. The summed E-state index contributed by atoms with van der Waals surface area (Å²) in [5.41, 5.74) is 2.56. The van der Waals surface area contributed by atoms with E-state index in [1.54, 1.807) is 0 Å². The van der Waals surface area contributed by atoms with E-state index in [-0.39, 0.29) is 0 Å². The van der Waals surface area contributed by atoms with Crippen LogP contribution in [0.15, 0.2) is 24.3 Å². The first-order valence-corrected chi connectivity index (χ1v) is 6.98. The van der Waals surface area contributed by atoms with E-state index in [1.165, 1.54) is 63.7 Å². The highest BCUT2D eigenvalue weighted by Crippen LogP contribution is 2.11. The minimum Gasteiger partial charge on any atom is -0.303 e. The van der Waals surface area contributed by atoms with Gasteiger partial charge in [0.2, 0.25) is 0 Å². The monoisotopic (exact) mass is 230 g/mol. The van der Waals surface area contributed by atoms with Gasteiger partial charge in [0.25, 0.3) is 0 Å². The second-order valence-electron chi connectivity index (χ2n) is 5.18. The quantitative estimate of drug-likeness (QED) is 0.762. The number of hydrogen-bond acceptors (Lipinski definition) is 1. The first-order chi connectivity index (χ1) is 8.34. The van der Waals surface area contributed by atoms with E-state index in [4.69, 9.17) is 0 Å². The van der Waals surface area contributed by atoms with Crippen molar-refractivity contribution in [2.75, 3.05) is 19.6 Å². The molecule has 17 heavy (non-hydrogen) atoms. The molecule has 0 bridgehead atoms. The highest BCUT2D eigenvalue weighted by molar-refractivity contribution is 5.24. The standard InChI is InChI=1S/C16H24N/c1-15-8-10-16(11-9-15)7-6-14-17-12-4-2-3-5-13-17/h8-11H,1-7,12-14H2. The van der Waals surface area contributed by atoms with Crippen molar-refractivity contribution in [1.82, 2.24) is 4.90 Å². The van der Waals surface area contributed by atoms with Gasteiger partial charge in [-0.2, -0.15) is 0 Å². The lowest BCUT2D eigenvalue weighted by Gasteiger charge is -2.19. The van der Waals surface area contributed by atoms with Crippen LogP contribution in [0.25, 0.3) is 0 Å². The minimum atomic E-state index is 1.11. The third-order valence-electron chi connectivity index (χ3n) is 3.66. The number of likely N-dealkylation sites (tertiary alicyclic amines) is 1. The van der Waals surface area contributed by atoms with Gasteiger partial charge in [-0.05, 0) is 63.4 Å². The molecule has 2 rings (SSSR count). The maximum Gasteiger partial charge on any atom is -0.00156 e. The van der Waals surface area contributed by atoms with Gasteiger partial charge < -0.3 is 4.90 Å². The number of nitrogens with zero attached hydrogens (tertiary/aromatic N) is 1. The van der Waals surface area contributed by atoms with Crippen LogP contribution in [0.2, 0.25) is 0 Å². The average Bonchev–Trinajstić information content (AvgIpc) is 2.60. The molecule has 0 aliphatic carbocycles. The molecule has 1 heteroatoms. The van der Waals surface area contributed by atoms with Crippen molar-refractivity contribution in [2.24, 2.45) is 0 Å². The van der Waals surface area contributed by atoms with Crippen LogP contribution in [-0.4, -0.2) is 24.5 Å². The van der Waals surface area contributed by atoms with Gasteiger partial charge in [-0.1, -0.05) is 37.1 Å². The van der Waals surface area contributed by atoms with Crippen LogP contribution in [0.4, 0.5) is 0 Å². The predicted octanol–water partition coefficient (Wildman–Crippen LogP) is 3.68. The van der Waals surface area contributed by atoms with Crippen LogP contribution >= 0.6 is 0 Å². The normalized spacial score (nSPS) is 17.9. The molecule has 1 aromatic rings. The molecule has 1 heterocycles. The first kappa shape index (κ1) is 12.6. The lowest BCUT2D eigenvalue weighted by Crippen LogP contribution is -2.26. The Morgan fingerprint density at radius 2 is 1.59 bits per heavy atom. The highest BCUT2D eigenvalue weighted by atomic mass is 15.1. The van der Waals surface area contributed by atoms with Crippen molar-refractivity contribution in [1.29, 1.82) is 0 Å². The second-order valence-corrected chi connectivity index (χ2v) is 5.18. The Bertz CT molecular complexity index is 307. The summed E-state index contributed by atoms with van der Waals surface area (Å²) in [5, 5.41) is 0. The topological polar surface area (TPSA) is 3.24 Å². The van der Waals surface area contributed by atoms with E-state index in [0.717, 1.165) is 5.56 Å². The van der Waals surface area contributed by atoms with Gasteiger partial charge in [0.1, 0.15) is 0 Å². The van der Waals surface area contributed by atoms with Gasteiger partial charge in [0.15, 0.2) is 0 Å². The summed E-state index contributed by atoms with van der Waals surface area (Å²) < 4.78 is 0. The molecule has 1 fully saturated rings. The fraction of sp³-hybridized carbons (Fsp3) is 0.562. The maximum atomic E-state index is 3.92. The zero-order valence-corrected chi connectivity index (χ0v) is 10.8. The summed E-state index contributed by atoms with van der Waals surface area (Å²) in [7, 11) is 0. The smallest absolute Gasteiger partial charge is 0.00156 e. The van der Waals surface area contributed by atoms with Crippen LogP contribution in [0.3, 0.4) is 0 Å². The first-order valence-electron chi connectivity index (χ1n) is 6.98. The van der Waals surface area contributed by atoms with Gasteiger partial charge in [0, 0.05) is 0 Å². The van der Waals surface area contributed by atoms with Gasteiger partial charge in [-0.15, -0.1) is 0 Å².